The van der Waals surface area contributed by atoms with Crippen molar-refractivity contribution in [3.63, 3.8) is 0 Å². The number of aryl methyl sites for hydroxylation is 1. The van der Waals surface area contributed by atoms with Crippen LogP contribution in [0.5, 0.6) is 0 Å². The quantitative estimate of drug-likeness (QED) is 0.133. The molecular formula is C25H17F4NS. The third-order valence-electron chi connectivity index (χ3n) is 4.72. The summed E-state index contributed by atoms with van der Waals surface area (Å²) in [7, 11) is 0. The van der Waals surface area contributed by atoms with E-state index in [9.17, 15) is 17.6 Å². The van der Waals surface area contributed by atoms with E-state index in [1.165, 1.54) is 5.56 Å². The Balaban J connectivity index is 1.86. The van der Waals surface area contributed by atoms with Gasteiger partial charge in [0.05, 0.1) is 5.16 Å². The highest BCUT2D eigenvalue weighted by Gasteiger charge is 2.24. The van der Waals surface area contributed by atoms with Crippen molar-refractivity contribution in [1.29, 1.82) is 0 Å². The van der Waals surface area contributed by atoms with Crippen LogP contribution < -0.4 is 0 Å². The van der Waals surface area contributed by atoms with Crippen molar-refractivity contribution in [2.75, 3.05) is 0 Å². The third kappa shape index (κ3) is 5.08. The van der Waals surface area contributed by atoms with Gasteiger partial charge in [-0.05, 0) is 53.9 Å². The van der Waals surface area contributed by atoms with Gasteiger partial charge in [-0.1, -0.05) is 61.6 Å². The van der Waals surface area contributed by atoms with E-state index in [0.717, 1.165) is 30.4 Å². The number of benzene rings is 3. The molecule has 0 aliphatic carbocycles. The molecule has 0 N–H and O–H groups in total. The fourth-order valence-corrected chi connectivity index (χ4v) is 3.09. The Morgan fingerprint density at radius 3 is 1.84 bits per heavy atom. The molecule has 156 valence electrons. The van der Waals surface area contributed by atoms with E-state index in [4.69, 9.17) is 0 Å². The van der Waals surface area contributed by atoms with Gasteiger partial charge in [-0.2, -0.15) is 4.99 Å². The van der Waals surface area contributed by atoms with E-state index in [1.54, 1.807) is 17.3 Å². The number of hydrogen-bond acceptors (Lipinski definition) is 2. The lowest BCUT2D eigenvalue weighted by molar-refractivity contribution is 0.454. The monoisotopic (exact) mass is 439 g/mol. The Hall–Kier alpha value is -3.26. The van der Waals surface area contributed by atoms with E-state index in [-0.39, 0.29) is 0 Å². The molecule has 0 bridgehead atoms. The van der Waals surface area contributed by atoms with Crippen molar-refractivity contribution in [1.82, 2.24) is 0 Å². The van der Waals surface area contributed by atoms with E-state index < -0.39 is 34.5 Å². The lowest BCUT2D eigenvalue weighted by Crippen LogP contribution is -2.00. The maximum atomic E-state index is 14.1. The first-order valence-corrected chi connectivity index (χ1v) is 10.0. The van der Waals surface area contributed by atoms with Crippen LogP contribution in [0.3, 0.4) is 0 Å². The van der Waals surface area contributed by atoms with Gasteiger partial charge in [0.15, 0.2) is 29.0 Å². The molecule has 0 heterocycles. The molecule has 3 rings (SSSR count). The first kappa shape index (κ1) is 22.4. The summed E-state index contributed by atoms with van der Waals surface area (Å²) < 4.78 is 56.1. The zero-order chi connectivity index (χ0) is 22.4. The highest BCUT2D eigenvalue weighted by molar-refractivity contribution is 7.78. The zero-order valence-electron chi connectivity index (χ0n) is 16.6. The molecule has 6 heteroatoms. The van der Waals surface area contributed by atoms with Crippen molar-refractivity contribution in [2.45, 2.75) is 26.2 Å². The minimum absolute atomic E-state index is 0.434. The van der Waals surface area contributed by atoms with Crippen LogP contribution in [0.4, 0.5) is 23.2 Å². The highest BCUT2D eigenvalue weighted by atomic mass is 32.1. The number of aliphatic imine (C=N–C) groups is 1. The van der Waals surface area contributed by atoms with Gasteiger partial charge in [0.1, 0.15) is 5.56 Å². The van der Waals surface area contributed by atoms with Crippen LogP contribution in [0, 0.1) is 35.1 Å². The van der Waals surface area contributed by atoms with Crippen LogP contribution in [0.25, 0.3) is 11.1 Å². The lowest BCUT2D eigenvalue weighted by atomic mass is 10.0. The van der Waals surface area contributed by atoms with Gasteiger partial charge in [-0.15, -0.1) is 0 Å². The molecule has 0 saturated heterocycles. The average Bonchev–Trinajstić information content (AvgIpc) is 2.80. The van der Waals surface area contributed by atoms with Gasteiger partial charge >= 0.3 is 0 Å². The van der Waals surface area contributed by atoms with E-state index >= 15 is 0 Å². The fourth-order valence-electron chi connectivity index (χ4n) is 3.00. The molecule has 0 atom stereocenters. The number of halogens is 4. The van der Waals surface area contributed by atoms with E-state index in [2.05, 4.69) is 48.1 Å². The second-order valence-electron chi connectivity index (χ2n) is 6.81. The number of rotatable bonds is 5. The molecule has 31 heavy (non-hydrogen) atoms. The van der Waals surface area contributed by atoms with Crippen LogP contribution in [-0.2, 0) is 6.42 Å². The number of isothiocyanates is 1. The van der Waals surface area contributed by atoms with Gasteiger partial charge in [-0.3, -0.25) is 0 Å². The molecule has 1 nitrogen and oxygen atoms in total. The van der Waals surface area contributed by atoms with Crippen LogP contribution in [0.1, 0.15) is 36.5 Å². The van der Waals surface area contributed by atoms with Gasteiger partial charge < -0.3 is 0 Å². The predicted octanol–water partition coefficient (Wildman–Crippen LogP) is 7.39. The lowest BCUT2D eigenvalue weighted by Gasteiger charge is -2.05. The normalized spacial score (nSPS) is 10.2. The standard InChI is InChI=1S/C25H17F4NS/c1-2-3-4-16-5-10-18(11-6-16)19-12-7-17(8-13-19)9-14-20-21(26)23(28)25(30-15-31)24(29)22(20)27/h5-8,10-13H,2-4H2,1H3. The Morgan fingerprint density at radius 1 is 0.774 bits per heavy atom. The van der Waals surface area contributed by atoms with Crippen LogP contribution in [0.2, 0.25) is 0 Å². The molecule has 0 aromatic heterocycles. The number of hydrogen-bond donors (Lipinski definition) is 0. The van der Waals surface area contributed by atoms with Crippen molar-refractivity contribution in [2.24, 2.45) is 4.99 Å². The number of unbranched alkanes of at least 4 members (excludes halogenated alkanes) is 1. The Kier molecular flexibility index (Phi) is 7.36. The Bertz CT molecular complexity index is 1170. The average molecular weight is 439 g/mol. The fraction of sp³-hybridized carbons (Fsp3) is 0.160. The molecule has 0 aliphatic heterocycles. The number of thiocarbonyl (C=S) groups is 1. The SMILES string of the molecule is CCCCc1ccc(-c2ccc(C#Cc3c(F)c(F)c(N=C=S)c(F)c3F)cc2)cc1. The van der Waals surface area contributed by atoms with Crippen LogP contribution in [0.15, 0.2) is 53.5 Å². The second kappa shape index (κ2) is 10.2. The van der Waals surface area contributed by atoms with Crippen LogP contribution in [-0.4, -0.2) is 5.16 Å². The molecule has 0 saturated carbocycles. The minimum Gasteiger partial charge on any atom is -0.202 e. The Labute approximate surface area is 183 Å². The molecule has 3 aromatic rings. The topological polar surface area (TPSA) is 12.4 Å². The summed E-state index contributed by atoms with van der Waals surface area (Å²) in [6.45, 7) is 2.15. The molecule has 0 fully saturated rings. The van der Waals surface area contributed by atoms with Crippen molar-refractivity contribution in [3.05, 3.63) is 88.5 Å². The molecule has 0 spiro atoms. The highest BCUT2D eigenvalue weighted by Crippen LogP contribution is 2.29. The summed E-state index contributed by atoms with van der Waals surface area (Å²) in [5, 5.41) is 1.69. The second-order valence-corrected chi connectivity index (χ2v) is 6.99. The summed E-state index contributed by atoms with van der Waals surface area (Å²) in [6.07, 6.45) is 3.32. The largest absolute Gasteiger partial charge is 0.202 e. The van der Waals surface area contributed by atoms with Crippen molar-refractivity contribution in [3.8, 4) is 23.0 Å². The molecule has 3 aromatic carbocycles. The predicted molar refractivity (Wildman–Crippen MR) is 117 cm³/mol. The van der Waals surface area contributed by atoms with Gasteiger partial charge in [0.2, 0.25) is 0 Å². The summed E-state index contributed by atoms with van der Waals surface area (Å²) in [4.78, 5) is 3.03. The summed E-state index contributed by atoms with van der Waals surface area (Å²) >= 11 is 4.23. The summed E-state index contributed by atoms with van der Waals surface area (Å²) in [6, 6.07) is 15.2. The van der Waals surface area contributed by atoms with Gasteiger partial charge in [0.25, 0.3) is 0 Å². The van der Waals surface area contributed by atoms with Crippen molar-refractivity contribution < 1.29 is 17.6 Å². The molecule has 0 radical (unpaired) electrons. The maximum absolute atomic E-state index is 14.1. The van der Waals surface area contributed by atoms with Gasteiger partial charge in [0, 0.05) is 5.56 Å². The first-order chi connectivity index (χ1) is 15.0. The zero-order valence-corrected chi connectivity index (χ0v) is 17.4. The first-order valence-electron chi connectivity index (χ1n) is 9.61. The van der Waals surface area contributed by atoms with E-state index in [0.29, 0.717) is 5.56 Å². The molecular weight excluding hydrogens is 422 g/mol. The van der Waals surface area contributed by atoms with E-state index in [1.807, 2.05) is 24.3 Å². The third-order valence-corrected chi connectivity index (χ3v) is 4.81. The smallest absolute Gasteiger partial charge is 0.189 e. The summed E-state index contributed by atoms with van der Waals surface area (Å²) in [5.41, 5.74) is 1.51. The molecule has 0 aliphatic rings. The van der Waals surface area contributed by atoms with Gasteiger partial charge in [-0.25, -0.2) is 17.6 Å². The molecule has 0 unspecified atom stereocenters. The summed E-state index contributed by atoms with van der Waals surface area (Å²) in [5.74, 6) is -1.90. The van der Waals surface area contributed by atoms with Crippen LogP contribution >= 0.6 is 12.2 Å². The Morgan fingerprint density at radius 2 is 1.32 bits per heavy atom. The maximum Gasteiger partial charge on any atom is 0.189 e. The number of nitrogens with zero attached hydrogens (tertiary/aromatic N) is 1. The molecule has 0 amide bonds. The minimum atomic E-state index is -1.67. The van der Waals surface area contributed by atoms with Crippen molar-refractivity contribution >= 4 is 23.1 Å².